The van der Waals surface area contributed by atoms with E-state index in [-0.39, 0.29) is 6.04 Å². The summed E-state index contributed by atoms with van der Waals surface area (Å²) in [5.74, 6) is 0. The molecule has 0 spiro atoms. The lowest BCUT2D eigenvalue weighted by atomic mass is 10.1. The highest BCUT2D eigenvalue weighted by Crippen LogP contribution is 2.21. The van der Waals surface area contributed by atoms with Crippen molar-refractivity contribution in [3.63, 3.8) is 0 Å². The molecule has 1 N–H and O–H groups in total. The Morgan fingerprint density at radius 1 is 1.04 bits per heavy atom. The van der Waals surface area contributed by atoms with Crippen LogP contribution in [0.5, 0.6) is 0 Å². The molecule has 5 nitrogen and oxygen atoms in total. The van der Waals surface area contributed by atoms with E-state index in [2.05, 4.69) is 9.62 Å². The summed E-state index contributed by atoms with van der Waals surface area (Å²) in [5, 5.41) is 0. The Bertz CT molecular complexity index is 831. The molecule has 2 aromatic rings. The molecule has 1 unspecified atom stereocenters. The fourth-order valence-electron chi connectivity index (χ4n) is 3.07. The first-order valence-electron chi connectivity index (χ1n) is 8.90. The molecule has 6 heteroatoms. The molecule has 0 aliphatic carbocycles. The maximum Gasteiger partial charge on any atom is 0.241 e. The topological polar surface area (TPSA) is 58.6 Å². The fraction of sp³-hybridized carbons (Fsp3) is 0.400. The summed E-state index contributed by atoms with van der Waals surface area (Å²) in [5.41, 5.74) is 3.01. The van der Waals surface area contributed by atoms with E-state index in [1.54, 1.807) is 12.1 Å². The van der Waals surface area contributed by atoms with Gasteiger partial charge in [0.05, 0.1) is 24.2 Å². The fourth-order valence-corrected chi connectivity index (χ4v) is 4.37. The number of ether oxygens (including phenoxy) is 1. The first kappa shape index (κ1) is 19.0. The van der Waals surface area contributed by atoms with Gasteiger partial charge in [0.1, 0.15) is 0 Å². The third kappa shape index (κ3) is 4.71. The standard InChI is InChI=1S/C20H26N2O3S/c1-16-8-9-19(14-17(16)2)26(23,24)21-20(18-6-4-3-5-7-18)15-22-10-12-25-13-11-22/h3-9,14,20-21H,10-13,15H2,1-2H3. The van der Waals surface area contributed by atoms with E-state index in [0.29, 0.717) is 24.7 Å². The lowest BCUT2D eigenvalue weighted by Gasteiger charge is -2.31. The van der Waals surface area contributed by atoms with Crippen LogP contribution in [0, 0.1) is 13.8 Å². The normalized spacial score (nSPS) is 17.2. The van der Waals surface area contributed by atoms with Gasteiger partial charge in [0, 0.05) is 19.6 Å². The number of sulfonamides is 1. The van der Waals surface area contributed by atoms with Crippen molar-refractivity contribution in [1.82, 2.24) is 9.62 Å². The van der Waals surface area contributed by atoms with Crippen LogP contribution in [0.4, 0.5) is 0 Å². The second-order valence-electron chi connectivity index (χ2n) is 6.74. The highest BCUT2D eigenvalue weighted by Gasteiger charge is 2.24. The van der Waals surface area contributed by atoms with Gasteiger partial charge in [-0.05, 0) is 42.7 Å². The minimum Gasteiger partial charge on any atom is -0.379 e. The van der Waals surface area contributed by atoms with E-state index in [9.17, 15) is 8.42 Å². The molecule has 1 aliphatic heterocycles. The molecule has 26 heavy (non-hydrogen) atoms. The molecule has 1 atom stereocenters. The first-order chi connectivity index (χ1) is 12.5. The molecule has 140 valence electrons. The van der Waals surface area contributed by atoms with Crippen molar-refractivity contribution in [3.05, 3.63) is 65.2 Å². The van der Waals surface area contributed by atoms with Crippen LogP contribution in [-0.2, 0) is 14.8 Å². The Labute approximate surface area is 156 Å². The van der Waals surface area contributed by atoms with Crippen molar-refractivity contribution in [2.75, 3.05) is 32.8 Å². The number of hydrogen-bond acceptors (Lipinski definition) is 4. The van der Waals surface area contributed by atoms with Gasteiger partial charge in [-0.25, -0.2) is 13.1 Å². The molecule has 0 saturated carbocycles. The molecule has 0 amide bonds. The second kappa shape index (κ2) is 8.31. The van der Waals surface area contributed by atoms with Crippen LogP contribution >= 0.6 is 0 Å². The van der Waals surface area contributed by atoms with Gasteiger partial charge in [0.25, 0.3) is 0 Å². The van der Waals surface area contributed by atoms with Crippen molar-refractivity contribution in [1.29, 1.82) is 0 Å². The zero-order chi connectivity index (χ0) is 18.6. The average Bonchev–Trinajstić information content (AvgIpc) is 2.65. The Morgan fingerprint density at radius 3 is 2.38 bits per heavy atom. The van der Waals surface area contributed by atoms with Crippen molar-refractivity contribution in [2.45, 2.75) is 24.8 Å². The van der Waals surface area contributed by atoms with E-state index in [0.717, 1.165) is 29.8 Å². The van der Waals surface area contributed by atoms with Crippen LogP contribution in [0.15, 0.2) is 53.4 Å². The van der Waals surface area contributed by atoms with E-state index in [1.165, 1.54) is 0 Å². The number of rotatable bonds is 6. The highest BCUT2D eigenvalue weighted by molar-refractivity contribution is 7.89. The van der Waals surface area contributed by atoms with Gasteiger partial charge in [-0.2, -0.15) is 0 Å². The smallest absolute Gasteiger partial charge is 0.241 e. The van der Waals surface area contributed by atoms with Gasteiger partial charge in [0.15, 0.2) is 0 Å². The number of nitrogens with one attached hydrogen (secondary N) is 1. The van der Waals surface area contributed by atoms with Crippen molar-refractivity contribution in [3.8, 4) is 0 Å². The summed E-state index contributed by atoms with van der Waals surface area (Å²) >= 11 is 0. The van der Waals surface area contributed by atoms with Gasteiger partial charge in [-0.15, -0.1) is 0 Å². The molecule has 0 radical (unpaired) electrons. The Morgan fingerprint density at radius 2 is 1.73 bits per heavy atom. The lowest BCUT2D eigenvalue weighted by molar-refractivity contribution is 0.0345. The quantitative estimate of drug-likeness (QED) is 0.845. The Kier molecular flexibility index (Phi) is 6.09. The SMILES string of the molecule is Cc1ccc(S(=O)(=O)NC(CN2CCOCC2)c2ccccc2)cc1C. The van der Waals surface area contributed by atoms with Crippen LogP contribution in [0.1, 0.15) is 22.7 Å². The van der Waals surface area contributed by atoms with Gasteiger partial charge >= 0.3 is 0 Å². The van der Waals surface area contributed by atoms with Crippen molar-refractivity contribution < 1.29 is 13.2 Å². The van der Waals surface area contributed by atoms with Gasteiger partial charge in [-0.1, -0.05) is 36.4 Å². The summed E-state index contributed by atoms with van der Waals surface area (Å²) in [6, 6.07) is 14.7. The molecule has 1 aliphatic rings. The number of hydrogen-bond donors (Lipinski definition) is 1. The molecular formula is C20H26N2O3S. The maximum atomic E-state index is 13.0. The monoisotopic (exact) mass is 374 g/mol. The molecule has 0 aromatic heterocycles. The molecule has 1 saturated heterocycles. The predicted molar refractivity (Wildman–Crippen MR) is 103 cm³/mol. The summed E-state index contributed by atoms with van der Waals surface area (Å²) in [7, 11) is -3.61. The van der Waals surface area contributed by atoms with Crippen LogP contribution in [0.3, 0.4) is 0 Å². The summed E-state index contributed by atoms with van der Waals surface area (Å²) < 4.78 is 34.2. The minimum absolute atomic E-state index is 0.305. The van der Waals surface area contributed by atoms with E-state index in [4.69, 9.17) is 4.74 Å². The van der Waals surface area contributed by atoms with Crippen LogP contribution in [-0.4, -0.2) is 46.2 Å². The minimum atomic E-state index is -3.61. The maximum absolute atomic E-state index is 13.0. The molecule has 3 rings (SSSR count). The molecular weight excluding hydrogens is 348 g/mol. The first-order valence-corrected chi connectivity index (χ1v) is 10.4. The van der Waals surface area contributed by atoms with Gasteiger partial charge in [0.2, 0.25) is 10.0 Å². The average molecular weight is 375 g/mol. The number of aryl methyl sites for hydroxylation is 2. The third-order valence-corrected chi connectivity index (χ3v) is 6.30. The van der Waals surface area contributed by atoms with E-state index in [1.807, 2.05) is 50.2 Å². The van der Waals surface area contributed by atoms with Crippen LogP contribution < -0.4 is 4.72 Å². The van der Waals surface area contributed by atoms with Crippen LogP contribution in [0.25, 0.3) is 0 Å². The third-order valence-electron chi connectivity index (χ3n) is 4.83. The summed E-state index contributed by atoms with van der Waals surface area (Å²) in [6.07, 6.45) is 0. The molecule has 1 heterocycles. The Balaban J connectivity index is 1.85. The summed E-state index contributed by atoms with van der Waals surface area (Å²) in [6.45, 7) is 7.53. The lowest BCUT2D eigenvalue weighted by Crippen LogP contribution is -2.43. The number of morpholine rings is 1. The summed E-state index contributed by atoms with van der Waals surface area (Å²) in [4.78, 5) is 2.55. The molecule has 2 aromatic carbocycles. The van der Waals surface area contributed by atoms with E-state index < -0.39 is 10.0 Å². The predicted octanol–water partition coefficient (Wildman–Crippen LogP) is 2.66. The molecule has 1 fully saturated rings. The highest BCUT2D eigenvalue weighted by atomic mass is 32.2. The van der Waals surface area contributed by atoms with Crippen LogP contribution in [0.2, 0.25) is 0 Å². The Hall–Kier alpha value is -1.73. The zero-order valence-electron chi connectivity index (χ0n) is 15.3. The largest absolute Gasteiger partial charge is 0.379 e. The van der Waals surface area contributed by atoms with E-state index >= 15 is 0 Å². The van der Waals surface area contributed by atoms with Crippen molar-refractivity contribution >= 4 is 10.0 Å². The van der Waals surface area contributed by atoms with Gasteiger partial charge < -0.3 is 4.74 Å². The number of nitrogens with zero attached hydrogens (tertiary/aromatic N) is 1. The second-order valence-corrected chi connectivity index (χ2v) is 8.46. The molecule has 0 bridgehead atoms. The number of benzene rings is 2. The van der Waals surface area contributed by atoms with Gasteiger partial charge in [-0.3, -0.25) is 4.90 Å². The van der Waals surface area contributed by atoms with Crippen molar-refractivity contribution in [2.24, 2.45) is 0 Å². The zero-order valence-corrected chi connectivity index (χ0v) is 16.1.